The summed E-state index contributed by atoms with van der Waals surface area (Å²) in [5.74, 6) is -0.373. The molecule has 0 radical (unpaired) electrons. The molecule has 3 N–H and O–H groups in total. The smallest absolute Gasteiger partial charge is 0.293 e. The second-order valence-electron chi connectivity index (χ2n) is 10.8. The number of methoxy groups -OCH3 is 1. The predicted octanol–water partition coefficient (Wildman–Crippen LogP) is 5.63. The molecule has 0 unspecified atom stereocenters. The van der Waals surface area contributed by atoms with Crippen molar-refractivity contribution in [1.82, 2.24) is 9.55 Å². The number of hydrogen-bond acceptors (Lipinski definition) is 6. The van der Waals surface area contributed by atoms with Gasteiger partial charge in [0, 0.05) is 48.5 Å². The molecule has 1 aromatic heterocycles. The van der Waals surface area contributed by atoms with E-state index >= 15 is 0 Å². The zero-order chi connectivity index (χ0) is 29.7. The van der Waals surface area contributed by atoms with E-state index in [2.05, 4.69) is 41.7 Å². The molecule has 212 valence electrons. The minimum atomic E-state index is -0.316. The lowest BCUT2D eigenvalue weighted by molar-refractivity contribution is -0.119. The second-order valence-corrected chi connectivity index (χ2v) is 10.8. The Morgan fingerprint density at radius 2 is 1.63 bits per heavy atom. The number of ether oxygens (including phenoxy) is 1. The maximum absolute atomic E-state index is 13.0. The van der Waals surface area contributed by atoms with Gasteiger partial charge in [0.05, 0.1) is 5.69 Å². The van der Waals surface area contributed by atoms with Crippen LogP contribution in [0.25, 0.3) is 11.3 Å². The molecule has 3 aromatic carbocycles. The van der Waals surface area contributed by atoms with E-state index in [0.717, 1.165) is 16.7 Å². The van der Waals surface area contributed by atoms with Crippen molar-refractivity contribution in [2.24, 2.45) is 7.05 Å². The molecule has 0 aliphatic rings. The van der Waals surface area contributed by atoms with Gasteiger partial charge in [0.15, 0.2) is 5.82 Å². The third-order valence-electron chi connectivity index (χ3n) is 6.63. The van der Waals surface area contributed by atoms with E-state index in [0.29, 0.717) is 28.3 Å². The molecule has 0 spiro atoms. The number of nitrogens with one attached hydrogen (secondary N) is 3. The standard InChI is InChI=1S/C32H35N5O4/c1-20-25(11-8-12-26(20)36-30(39)21-13-15-22(16-14-21)32(2,3)4)27-18-37(5)31(40)29(35-27)34-24-10-7-9-23(17-24)33-28(38)19-41-6/h7-18H,19H2,1-6H3,(H,33,38)(H,34,35)(H,36,39). The van der Waals surface area contributed by atoms with E-state index < -0.39 is 0 Å². The molecule has 4 aromatic rings. The van der Waals surface area contributed by atoms with Gasteiger partial charge in [-0.05, 0) is 59.9 Å². The highest BCUT2D eigenvalue weighted by Gasteiger charge is 2.17. The Bertz CT molecular complexity index is 1640. The van der Waals surface area contributed by atoms with Crippen LogP contribution in [0.4, 0.5) is 22.9 Å². The monoisotopic (exact) mass is 553 g/mol. The summed E-state index contributed by atoms with van der Waals surface area (Å²) >= 11 is 0. The molecule has 0 fully saturated rings. The van der Waals surface area contributed by atoms with Crippen LogP contribution in [0.15, 0.2) is 77.7 Å². The van der Waals surface area contributed by atoms with Crippen molar-refractivity contribution in [3.8, 4) is 11.3 Å². The Hall–Kier alpha value is -4.76. The van der Waals surface area contributed by atoms with Crippen LogP contribution < -0.4 is 21.5 Å². The summed E-state index contributed by atoms with van der Waals surface area (Å²) < 4.78 is 6.31. The zero-order valence-electron chi connectivity index (χ0n) is 24.2. The van der Waals surface area contributed by atoms with Crippen molar-refractivity contribution in [3.05, 3.63) is 100.0 Å². The summed E-state index contributed by atoms with van der Waals surface area (Å²) in [5.41, 5.74) is 5.32. The highest BCUT2D eigenvalue weighted by molar-refractivity contribution is 6.05. The summed E-state index contributed by atoms with van der Waals surface area (Å²) in [5, 5.41) is 8.83. The van der Waals surface area contributed by atoms with Crippen LogP contribution in [0.1, 0.15) is 42.3 Å². The molecule has 0 atom stereocenters. The van der Waals surface area contributed by atoms with Gasteiger partial charge >= 0.3 is 0 Å². The zero-order valence-corrected chi connectivity index (χ0v) is 24.2. The number of nitrogens with zero attached hydrogens (tertiary/aromatic N) is 2. The number of amides is 2. The fraction of sp³-hybridized carbons (Fsp3) is 0.250. The van der Waals surface area contributed by atoms with Crippen molar-refractivity contribution in [2.75, 3.05) is 29.7 Å². The quantitative estimate of drug-likeness (QED) is 0.260. The van der Waals surface area contributed by atoms with Crippen molar-refractivity contribution >= 4 is 34.7 Å². The number of anilines is 4. The number of benzene rings is 3. The molecular formula is C32H35N5O4. The lowest BCUT2D eigenvalue weighted by atomic mass is 9.86. The van der Waals surface area contributed by atoms with Crippen molar-refractivity contribution < 1.29 is 14.3 Å². The maximum atomic E-state index is 13.0. The van der Waals surface area contributed by atoms with Crippen molar-refractivity contribution in [1.29, 1.82) is 0 Å². The second kappa shape index (κ2) is 12.2. The van der Waals surface area contributed by atoms with Gasteiger partial charge in [-0.15, -0.1) is 0 Å². The number of carbonyl (C=O) groups excluding carboxylic acids is 2. The van der Waals surface area contributed by atoms with E-state index in [9.17, 15) is 14.4 Å². The summed E-state index contributed by atoms with van der Waals surface area (Å²) in [6, 6.07) is 20.2. The average Bonchev–Trinajstić information content (AvgIpc) is 2.92. The van der Waals surface area contributed by atoms with Crippen molar-refractivity contribution in [2.45, 2.75) is 33.1 Å². The van der Waals surface area contributed by atoms with Gasteiger partial charge in [-0.25, -0.2) is 4.98 Å². The predicted molar refractivity (Wildman–Crippen MR) is 163 cm³/mol. The number of aromatic nitrogens is 2. The van der Waals surface area contributed by atoms with Gasteiger partial charge < -0.3 is 25.3 Å². The Morgan fingerprint density at radius 1 is 0.951 bits per heavy atom. The Kier molecular flexibility index (Phi) is 8.68. The first kappa shape index (κ1) is 29.2. The summed E-state index contributed by atoms with van der Waals surface area (Å²) in [6.07, 6.45) is 1.66. The molecule has 2 amide bonds. The van der Waals surface area contributed by atoms with Gasteiger partial charge in [-0.2, -0.15) is 0 Å². The van der Waals surface area contributed by atoms with Crippen molar-refractivity contribution in [3.63, 3.8) is 0 Å². The molecule has 1 heterocycles. The lowest BCUT2D eigenvalue weighted by Gasteiger charge is -2.19. The normalized spacial score (nSPS) is 11.2. The van der Waals surface area contributed by atoms with Crippen LogP contribution in [0.2, 0.25) is 0 Å². The van der Waals surface area contributed by atoms with Gasteiger partial charge in [0.1, 0.15) is 6.61 Å². The summed E-state index contributed by atoms with van der Waals surface area (Å²) in [6.45, 7) is 8.23. The molecule has 4 rings (SSSR count). The summed E-state index contributed by atoms with van der Waals surface area (Å²) in [7, 11) is 3.10. The van der Waals surface area contributed by atoms with Gasteiger partial charge in [-0.3, -0.25) is 14.4 Å². The Morgan fingerprint density at radius 3 is 2.32 bits per heavy atom. The van der Waals surface area contributed by atoms with Gasteiger partial charge in [0.25, 0.3) is 11.5 Å². The van der Waals surface area contributed by atoms with Gasteiger partial charge in [0.2, 0.25) is 5.91 Å². The SMILES string of the molecule is COCC(=O)Nc1cccc(Nc2nc(-c3cccc(NC(=O)c4ccc(C(C)(C)C)cc4)c3C)cn(C)c2=O)c1. The molecule has 0 saturated heterocycles. The fourth-order valence-corrected chi connectivity index (χ4v) is 4.32. The highest BCUT2D eigenvalue weighted by atomic mass is 16.5. The van der Waals surface area contributed by atoms with Crippen LogP contribution in [0.3, 0.4) is 0 Å². The molecule has 0 bridgehead atoms. The Balaban J connectivity index is 1.59. The number of aryl methyl sites for hydroxylation is 1. The van der Waals surface area contributed by atoms with Crippen LogP contribution in [0, 0.1) is 6.92 Å². The van der Waals surface area contributed by atoms with Gasteiger partial charge in [-0.1, -0.05) is 51.1 Å². The third-order valence-corrected chi connectivity index (χ3v) is 6.63. The first-order valence-corrected chi connectivity index (χ1v) is 13.2. The molecule has 0 aliphatic heterocycles. The van der Waals surface area contributed by atoms with E-state index in [1.807, 2.05) is 49.4 Å². The van der Waals surface area contributed by atoms with Crippen LogP contribution >= 0.6 is 0 Å². The first-order valence-electron chi connectivity index (χ1n) is 13.2. The van der Waals surface area contributed by atoms with E-state index in [1.54, 1.807) is 37.5 Å². The molecular weight excluding hydrogens is 518 g/mol. The molecule has 0 saturated carbocycles. The largest absolute Gasteiger partial charge is 0.375 e. The number of rotatable bonds is 8. The van der Waals surface area contributed by atoms with Crippen LogP contribution in [-0.2, 0) is 22.0 Å². The molecule has 0 aliphatic carbocycles. The molecule has 41 heavy (non-hydrogen) atoms. The van der Waals surface area contributed by atoms with E-state index in [4.69, 9.17) is 4.74 Å². The Labute approximate surface area is 239 Å². The summed E-state index contributed by atoms with van der Waals surface area (Å²) in [4.78, 5) is 42.5. The molecule has 9 heteroatoms. The molecule has 9 nitrogen and oxygen atoms in total. The third kappa shape index (κ3) is 7.06. The average molecular weight is 554 g/mol. The minimum absolute atomic E-state index is 0.000780. The van der Waals surface area contributed by atoms with Crippen LogP contribution in [-0.4, -0.2) is 35.1 Å². The minimum Gasteiger partial charge on any atom is -0.375 e. The van der Waals surface area contributed by atoms with Crippen LogP contribution in [0.5, 0.6) is 0 Å². The number of hydrogen-bond donors (Lipinski definition) is 3. The maximum Gasteiger partial charge on any atom is 0.293 e. The topological polar surface area (TPSA) is 114 Å². The lowest BCUT2D eigenvalue weighted by Crippen LogP contribution is -2.22. The van der Waals surface area contributed by atoms with E-state index in [1.165, 1.54) is 11.7 Å². The van der Waals surface area contributed by atoms with E-state index in [-0.39, 0.29) is 35.2 Å². The first-order chi connectivity index (χ1) is 19.5. The highest BCUT2D eigenvalue weighted by Crippen LogP contribution is 2.29. The number of carbonyl (C=O) groups is 2. The fourth-order valence-electron chi connectivity index (χ4n) is 4.32.